The summed E-state index contributed by atoms with van der Waals surface area (Å²) in [5, 5.41) is 24.4. The van der Waals surface area contributed by atoms with Gasteiger partial charge in [0.15, 0.2) is 0 Å². The molecule has 6 rings (SSSR count). The number of aliphatic hydroxyl groups is 1. The molecule has 4 unspecified atom stereocenters. The van der Waals surface area contributed by atoms with E-state index in [1.54, 1.807) is 18.3 Å². The number of rotatable bonds is 6. The molecule has 4 heterocycles. The van der Waals surface area contributed by atoms with E-state index < -0.39 is 6.10 Å². The molecule has 1 aromatic heterocycles. The molecule has 1 N–H and O–H groups in total. The van der Waals surface area contributed by atoms with Crippen LogP contribution in [0.15, 0.2) is 73.4 Å². The maximum atomic E-state index is 11.7. The Hall–Kier alpha value is -2.61. The van der Waals surface area contributed by atoms with Gasteiger partial charge in [0.2, 0.25) is 0 Å². The van der Waals surface area contributed by atoms with Gasteiger partial charge in [0.05, 0.1) is 29.1 Å². The summed E-state index contributed by atoms with van der Waals surface area (Å²) in [6.07, 6.45) is 5.07. The minimum atomic E-state index is -0.667. The van der Waals surface area contributed by atoms with Gasteiger partial charge in [0.25, 0.3) is 5.69 Å². The van der Waals surface area contributed by atoms with Gasteiger partial charge in [-0.2, -0.15) is 0 Å². The summed E-state index contributed by atoms with van der Waals surface area (Å²) in [7, 11) is 0. The van der Waals surface area contributed by atoms with Crippen molar-refractivity contribution >= 4 is 16.6 Å². The smallest absolute Gasteiger partial charge is 0.278 e. The van der Waals surface area contributed by atoms with Crippen LogP contribution < -0.4 is 17.0 Å². The van der Waals surface area contributed by atoms with Crippen molar-refractivity contribution < 1.29 is 31.5 Å². The van der Waals surface area contributed by atoms with Gasteiger partial charge >= 0.3 is 0 Å². The molecule has 172 valence electrons. The first kappa shape index (κ1) is 23.5. The molecule has 3 saturated heterocycles. The average molecular weight is 510 g/mol. The number of hydrogen-bond acceptors (Lipinski definition) is 4. The average Bonchev–Trinajstić information content (AvgIpc) is 2.83. The lowest BCUT2D eigenvalue weighted by atomic mass is 9.71. The molecular formula is C26H28BrN3O3. The van der Waals surface area contributed by atoms with Gasteiger partial charge in [-0.25, -0.2) is 0 Å². The Morgan fingerprint density at radius 3 is 2.76 bits per heavy atom. The highest BCUT2D eigenvalue weighted by Crippen LogP contribution is 2.48. The van der Waals surface area contributed by atoms with Crippen molar-refractivity contribution in [3.63, 3.8) is 0 Å². The first-order chi connectivity index (χ1) is 15.5. The molecule has 3 aliphatic rings. The van der Waals surface area contributed by atoms with E-state index in [1.807, 2.05) is 48.5 Å². The number of pyridine rings is 1. The Balaban J connectivity index is 0.00000259. The van der Waals surface area contributed by atoms with Gasteiger partial charge in [0, 0.05) is 36.4 Å². The third-order valence-corrected chi connectivity index (χ3v) is 7.72. The minimum absolute atomic E-state index is 0. The molecule has 2 aromatic carbocycles. The lowest BCUT2D eigenvalue weighted by molar-refractivity contribution is -0.985. The van der Waals surface area contributed by atoms with Crippen molar-refractivity contribution in [2.75, 3.05) is 13.1 Å². The number of benzene rings is 2. The summed E-state index contributed by atoms with van der Waals surface area (Å²) >= 11 is 0. The SMILES string of the molecule is C=CC1C[N+]2(Cc3ccccc3[N+](=O)[O-])CCC1CC2[C@H](O)c1ccnc2ccccc12.[Br-]. The van der Waals surface area contributed by atoms with E-state index in [9.17, 15) is 15.2 Å². The molecule has 5 atom stereocenters. The molecule has 0 aliphatic carbocycles. The van der Waals surface area contributed by atoms with Crippen LogP contribution in [-0.2, 0) is 6.54 Å². The van der Waals surface area contributed by atoms with Crippen LogP contribution in [0.2, 0.25) is 0 Å². The highest BCUT2D eigenvalue weighted by atomic mass is 79.9. The van der Waals surface area contributed by atoms with Crippen LogP contribution in [0.5, 0.6) is 0 Å². The van der Waals surface area contributed by atoms with Gasteiger partial charge in [-0.3, -0.25) is 15.1 Å². The quantitative estimate of drug-likeness (QED) is 0.238. The van der Waals surface area contributed by atoms with Crippen molar-refractivity contribution in [2.24, 2.45) is 11.8 Å². The van der Waals surface area contributed by atoms with Crippen LogP contribution in [0.1, 0.15) is 30.1 Å². The summed E-state index contributed by atoms with van der Waals surface area (Å²) in [5.74, 6) is 0.857. The number of nitrogens with zero attached hydrogens (tertiary/aromatic N) is 3. The van der Waals surface area contributed by atoms with Crippen LogP contribution in [0, 0.1) is 22.0 Å². The number of para-hydroxylation sites is 2. The summed E-state index contributed by atoms with van der Waals surface area (Å²) in [6.45, 7) is 6.37. The largest absolute Gasteiger partial charge is 1.00 e. The number of nitro groups is 1. The number of aromatic nitrogens is 1. The Morgan fingerprint density at radius 1 is 1.21 bits per heavy atom. The number of aliphatic hydroxyl groups excluding tert-OH is 1. The number of quaternary nitrogens is 1. The van der Waals surface area contributed by atoms with E-state index >= 15 is 0 Å². The summed E-state index contributed by atoms with van der Waals surface area (Å²) in [4.78, 5) is 15.9. The first-order valence-electron chi connectivity index (χ1n) is 11.2. The number of nitro benzene ring substituents is 1. The molecule has 33 heavy (non-hydrogen) atoms. The topological polar surface area (TPSA) is 76.3 Å². The highest BCUT2D eigenvalue weighted by molar-refractivity contribution is 5.82. The Labute approximate surface area is 204 Å². The molecule has 3 fully saturated rings. The third kappa shape index (κ3) is 4.09. The molecule has 6 nitrogen and oxygen atoms in total. The van der Waals surface area contributed by atoms with E-state index in [0.717, 1.165) is 48.0 Å². The van der Waals surface area contributed by atoms with Crippen LogP contribution in [0.3, 0.4) is 0 Å². The van der Waals surface area contributed by atoms with E-state index in [4.69, 9.17) is 0 Å². The second-order valence-corrected chi connectivity index (χ2v) is 9.28. The third-order valence-electron chi connectivity index (χ3n) is 7.72. The molecule has 2 bridgehead atoms. The second kappa shape index (κ2) is 9.33. The minimum Gasteiger partial charge on any atom is -1.00 e. The first-order valence-corrected chi connectivity index (χ1v) is 11.2. The van der Waals surface area contributed by atoms with Crippen molar-refractivity contribution in [3.8, 4) is 0 Å². The van der Waals surface area contributed by atoms with Crippen LogP contribution in [0.4, 0.5) is 5.69 Å². The molecule has 0 spiro atoms. The van der Waals surface area contributed by atoms with Crippen molar-refractivity contribution in [2.45, 2.75) is 31.5 Å². The van der Waals surface area contributed by atoms with Crippen molar-refractivity contribution in [1.82, 2.24) is 4.98 Å². The Kier molecular flexibility index (Phi) is 6.66. The van der Waals surface area contributed by atoms with E-state index in [0.29, 0.717) is 22.9 Å². The normalized spacial score (nSPS) is 27.0. The summed E-state index contributed by atoms with van der Waals surface area (Å²) < 4.78 is 0.649. The maximum absolute atomic E-state index is 11.7. The molecular weight excluding hydrogens is 482 g/mol. The van der Waals surface area contributed by atoms with Crippen molar-refractivity contribution in [3.05, 3.63) is 94.7 Å². The van der Waals surface area contributed by atoms with E-state index in [-0.39, 0.29) is 33.6 Å². The molecule has 7 heteroatoms. The zero-order valence-corrected chi connectivity index (χ0v) is 20.0. The number of hydrogen-bond donors (Lipinski definition) is 1. The maximum Gasteiger partial charge on any atom is 0.278 e. The molecule has 0 radical (unpaired) electrons. The molecule has 3 aliphatic heterocycles. The number of piperidine rings is 3. The van der Waals surface area contributed by atoms with Crippen molar-refractivity contribution in [1.29, 1.82) is 0 Å². The monoisotopic (exact) mass is 509 g/mol. The molecule has 0 saturated carbocycles. The van der Waals surface area contributed by atoms with E-state index in [1.165, 1.54) is 0 Å². The number of fused-ring (bicyclic) bond motifs is 4. The second-order valence-electron chi connectivity index (χ2n) is 9.28. The van der Waals surface area contributed by atoms with Gasteiger partial charge in [-0.05, 0) is 29.7 Å². The summed E-state index contributed by atoms with van der Waals surface area (Å²) in [5.41, 5.74) is 2.65. The summed E-state index contributed by atoms with van der Waals surface area (Å²) in [6, 6.07) is 16.8. The predicted molar refractivity (Wildman–Crippen MR) is 124 cm³/mol. The zero-order chi connectivity index (χ0) is 22.3. The zero-order valence-electron chi connectivity index (χ0n) is 18.4. The van der Waals surface area contributed by atoms with Gasteiger partial charge in [-0.15, -0.1) is 6.58 Å². The standard InChI is InChI=1S/C26H28N3O3.BrH/c1-2-18-16-29(17-20-7-3-6-10-24(20)28(31)32)14-12-19(18)15-25(29)26(30)22-11-13-27-23-9-5-4-8-21(22)23;/h2-11,13,18-19,25-26,30H,1,12,14-17H2;1H/q+1;/p-1/t18?,19?,25?,26-,29?;/m1./s1. The fourth-order valence-electron chi connectivity index (χ4n) is 6.13. The fraction of sp³-hybridized carbons (Fsp3) is 0.346. The Bertz CT molecular complexity index is 1180. The van der Waals surface area contributed by atoms with Crippen LogP contribution in [0.25, 0.3) is 10.9 Å². The molecule has 0 amide bonds. The lowest BCUT2D eigenvalue weighted by Crippen LogP contribution is -3.00. The Morgan fingerprint density at radius 2 is 1.97 bits per heavy atom. The highest BCUT2D eigenvalue weighted by Gasteiger charge is 2.54. The van der Waals surface area contributed by atoms with Crippen LogP contribution >= 0.6 is 0 Å². The lowest BCUT2D eigenvalue weighted by Gasteiger charge is -2.58. The van der Waals surface area contributed by atoms with Gasteiger partial charge in [0.1, 0.15) is 18.7 Å². The predicted octanol–water partition coefficient (Wildman–Crippen LogP) is 1.79. The van der Waals surface area contributed by atoms with E-state index in [2.05, 4.69) is 11.6 Å². The number of halogens is 1. The van der Waals surface area contributed by atoms with Crippen LogP contribution in [-0.4, -0.2) is 38.6 Å². The fourth-order valence-corrected chi connectivity index (χ4v) is 6.13. The van der Waals surface area contributed by atoms with Gasteiger partial charge in [-0.1, -0.05) is 36.4 Å². The van der Waals surface area contributed by atoms with Gasteiger partial charge < -0.3 is 26.6 Å². The molecule has 3 aromatic rings.